The van der Waals surface area contributed by atoms with E-state index in [1.807, 2.05) is 0 Å². The fraction of sp³-hybridized carbons (Fsp3) is 0.286. The van der Waals surface area contributed by atoms with Crippen LogP contribution in [0.2, 0.25) is 0 Å². The van der Waals surface area contributed by atoms with Crippen LogP contribution in [0.4, 0.5) is 42.1 Å². The Morgan fingerprint density at radius 3 is 2.21 bits per heavy atom. The molecule has 0 aliphatic carbocycles. The van der Waals surface area contributed by atoms with Gasteiger partial charge in [-0.05, 0) is 48.7 Å². The SMILES string of the molecule is CCc1cc(C(F)(C(F)(F)F)C(F)(F)F)cc(C)c1NC(=O)c1ccc(-c2ncn[nH]2)c(N)c1. The zero-order valence-corrected chi connectivity index (χ0v) is 17.7. The fourth-order valence-corrected chi connectivity index (χ4v) is 3.45. The van der Waals surface area contributed by atoms with E-state index < -0.39 is 29.5 Å². The molecule has 182 valence electrons. The van der Waals surface area contributed by atoms with E-state index in [4.69, 9.17) is 5.73 Å². The number of aromatic amines is 1. The van der Waals surface area contributed by atoms with Crippen molar-refractivity contribution >= 4 is 17.3 Å². The third-order valence-corrected chi connectivity index (χ3v) is 5.20. The Bertz CT molecular complexity index is 1190. The Morgan fingerprint density at radius 2 is 1.71 bits per heavy atom. The standard InChI is InChI=1S/C21H18F7N5O/c1-3-11-7-13(19(22,20(23,24)25)21(26,27)28)6-10(2)16(11)32-18(34)12-4-5-14(15(29)8-12)17-30-9-31-33-17/h4-9H,3,29H2,1-2H3,(H,32,34)(H,30,31,33). The Balaban J connectivity index is 1.99. The molecule has 0 saturated carbocycles. The first-order valence-electron chi connectivity index (χ1n) is 9.73. The van der Waals surface area contributed by atoms with E-state index in [2.05, 4.69) is 20.5 Å². The van der Waals surface area contributed by atoms with Crippen LogP contribution in [0, 0.1) is 6.92 Å². The molecule has 34 heavy (non-hydrogen) atoms. The number of hydrogen-bond acceptors (Lipinski definition) is 4. The number of nitrogens with zero attached hydrogens (tertiary/aromatic N) is 2. The van der Waals surface area contributed by atoms with E-state index in [9.17, 15) is 35.5 Å². The minimum Gasteiger partial charge on any atom is -0.398 e. The zero-order valence-electron chi connectivity index (χ0n) is 17.7. The highest BCUT2D eigenvalue weighted by Gasteiger charge is 2.73. The molecular formula is C21H18F7N5O. The molecule has 0 aliphatic heterocycles. The molecule has 0 unspecified atom stereocenters. The van der Waals surface area contributed by atoms with Crippen molar-refractivity contribution in [1.82, 2.24) is 15.2 Å². The van der Waals surface area contributed by atoms with Gasteiger partial charge in [-0.2, -0.15) is 31.4 Å². The molecule has 0 fully saturated rings. The van der Waals surface area contributed by atoms with Crippen molar-refractivity contribution < 1.29 is 35.5 Å². The van der Waals surface area contributed by atoms with Crippen LogP contribution in [-0.4, -0.2) is 33.4 Å². The molecule has 2 aromatic carbocycles. The van der Waals surface area contributed by atoms with Gasteiger partial charge >= 0.3 is 18.0 Å². The third-order valence-electron chi connectivity index (χ3n) is 5.20. The number of aromatic nitrogens is 3. The second-order valence-corrected chi connectivity index (χ2v) is 7.43. The second kappa shape index (κ2) is 8.61. The molecule has 6 nitrogen and oxygen atoms in total. The summed E-state index contributed by atoms with van der Waals surface area (Å²) in [5, 5.41) is 8.78. The number of carbonyl (C=O) groups excluding carboxylic acids is 1. The first-order chi connectivity index (χ1) is 15.7. The lowest BCUT2D eigenvalue weighted by atomic mass is 9.89. The lowest BCUT2D eigenvalue weighted by Gasteiger charge is -2.31. The molecule has 0 aliphatic rings. The van der Waals surface area contributed by atoms with Gasteiger partial charge in [-0.3, -0.25) is 9.89 Å². The summed E-state index contributed by atoms with van der Waals surface area (Å²) in [6, 6.07) is 5.11. The summed E-state index contributed by atoms with van der Waals surface area (Å²) in [5.41, 5.74) is -0.833. The molecule has 0 bridgehead atoms. The van der Waals surface area contributed by atoms with Gasteiger partial charge in [-0.1, -0.05) is 13.0 Å². The summed E-state index contributed by atoms with van der Waals surface area (Å²) in [6.45, 7) is 2.62. The van der Waals surface area contributed by atoms with Gasteiger partial charge in [-0.15, -0.1) is 0 Å². The van der Waals surface area contributed by atoms with E-state index in [1.54, 1.807) is 0 Å². The minimum atomic E-state index is -6.24. The van der Waals surface area contributed by atoms with Crippen LogP contribution >= 0.6 is 0 Å². The molecule has 13 heteroatoms. The van der Waals surface area contributed by atoms with E-state index in [1.165, 1.54) is 38.4 Å². The molecule has 4 N–H and O–H groups in total. The monoisotopic (exact) mass is 489 g/mol. The Labute approximate surface area is 188 Å². The number of carbonyl (C=O) groups is 1. The minimum absolute atomic E-state index is 0.0270. The summed E-state index contributed by atoms with van der Waals surface area (Å²) < 4.78 is 93.6. The lowest BCUT2D eigenvalue weighted by Crippen LogP contribution is -2.50. The number of nitrogen functional groups attached to an aromatic ring is 1. The Kier molecular flexibility index (Phi) is 6.33. The van der Waals surface area contributed by atoms with E-state index in [0.29, 0.717) is 23.5 Å². The highest BCUT2D eigenvalue weighted by molar-refractivity contribution is 6.06. The Morgan fingerprint density at radius 1 is 1.06 bits per heavy atom. The van der Waals surface area contributed by atoms with Crippen molar-refractivity contribution in [1.29, 1.82) is 0 Å². The number of amides is 1. The topological polar surface area (TPSA) is 96.7 Å². The summed E-state index contributed by atoms with van der Waals surface area (Å²) in [7, 11) is 0. The number of alkyl halides is 7. The molecule has 0 saturated heterocycles. The lowest BCUT2D eigenvalue weighted by molar-refractivity contribution is -0.348. The van der Waals surface area contributed by atoms with Gasteiger partial charge < -0.3 is 11.1 Å². The Hall–Kier alpha value is -3.64. The number of aryl methyl sites for hydroxylation is 2. The maximum Gasteiger partial charge on any atom is 0.435 e. The predicted octanol–water partition coefficient (Wildman–Crippen LogP) is 5.47. The summed E-state index contributed by atoms with van der Waals surface area (Å²) in [5.74, 6) is -0.368. The van der Waals surface area contributed by atoms with Crippen LogP contribution in [0.15, 0.2) is 36.7 Å². The first-order valence-corrected chi connectivity index (χ1v) is 9.73. The number of nitrogens with two attached hydrogens (primary N) is 1. The third kappa shape index (κ3) is 4.29. The van der Waals surface area contributed by atoms with E-state index in [-0.39, 0.29) is 34.5 Å². The molecule has 0 radical (unpaired) electrons. The van der Waals surface area contributed by atoms with E-state index in [0.717, 1.165) is 0 Å². The van der Waals surface area contributed by atoms with Gasteiger partial charge in [0.1, 0.15) is 6.33 Å². The smallest absolute Gasteiger partial charge is 0.398 e. The van der Waals surface area contributed by atoms with Crippen LogP contribution < -0.4 is 11.1 Å². The number of halogens is 7. The van der Waals surface area contributed by atoms with Crippen molar-refractivity contribution in [3.05, 3.63) is 58.9 Å². The number of H-pyrrole nitrogens is 1. The van der Waals surface area contributed by atoms with Crippen molar-refractivity contribution in [2.24, 2.45) is 0 Å². The quantitative estimate of drug-likeness (QED) is 0.327. The largest absolute Gasteiger partial charge is 0.435 e. The molecule has 0 spiro atoms. The van der Waals surface area contributed by atoms with Gasteiger partial charge in [0, 0.05) is 28.1 Å². The summed E-state index contributed by atoms with van der Waals surface area (Å²) in [4.78, 5) is 16.7. The average Bonchev–Trinajstić information content (AvgIpc) is 3.27. The van der Waals surface area contributed by atoms with Crippen molar-refractivity contribution in [3.8, 4) is 11.4 Å². The van der Waals surface area contributed by atoms with Crippen LogP contribution in [-0.2, 0) is 12.1 Å². The molecule has 1 amide bonds. The zero-order chi connectivity index (χ0) is 25.5. The molecule has 3 rings (SSSR count). The van der Waals surface area contributed by atoms with Gasteiger partial charge in [0.2, 0.25) is 0 Å². The second-order valence-electron chi connectivity index (χ2n) is 7.43. The summed E-state index contributed by atoms with van der Waals surface area (Å²) >= 11 is 0. The first kappa shape index (κ1) is 25.0. The van der Waals surface area contributed by atoms with Gasteiger partial charge in [0.15, 0.2) is 5.82 Å². The highest BCUT2D eigenvalue weighted by atomic mass is 19.4. The van der Waals surface area contributed by atoms with Gasteiger partial charge in [0.05, 0.1) is 0 Å². The van der Waals surface area contributed by atoms with Gasteiger partial charge in [-0.25, -0.2) is 9.37 Å². The number of benzene rings is 2. The number of hydrogen-bond donors (Lipinski definition) is 3. The summed E-state index contributed by atoms with van der Waals surface area (Å²) in [6.07, 6.45) is -11.3. The maximum absolute atomic E-state index is 14.5. The van der Waals surface area contributed by atoms with Crippen LogP contribution in [0.25, 0.3) is 11.4 Å². The van der Waals surface area contributed by atoms with Crippen LogP contribution in [0.1, 0.15) is 34.0 Å². The number of rotatable bonds is 5. The van der Waals surface area contributed by atoms with Gasteiger partial charge in [0.25, 0.3) is 5.91 Å². The van der Waals surface area contributed by atoms with Crippen molar-refractivity contribution in [3.63, 3.8) is 0 Å². The predicted molar refractivity (Wildman–Crippen MR) is 110 cm³/mol. The normalized spacial score (nSPS) is 12.6. The molecule has 0 atom stereocenters. The van der Waals surface area contributed by atoms with Crippen LogP contribution in [0.3, 0.4) is 0 Å². The van der Waals surface area contributed by atoms with Crippen molar-refractivity contribution in [2.75, 3.05) is 11.1 Å². The van der Waals surface area contributed by atoms with Crippen LogP contribution in [0.5, 0.6) is 0 Å². The highest BCUT2D eigenvalue weighted by Crippen LogP contribution is 2.53. The molecule has 1 heterocycles. The molecule has 3 aromatic rings. The fourth-order valence-electron chi connectivity index (χ4n) is 3.45. The number of anilines is 2. The van der Waals surface area contributed by atoms with E-state index >= 15 is 0 Å². The number of nitrogens with one attached hydrogen (secondary N) is 2. The molecular weight excluding hydrogens is 471 g/mol. The average molecular weight is 489 g/mol. The molecule has 1 aromatic heterocycles. The maximum atomic E-state index is 14.5. The van der Waals surface area contributed by atoms with Crippen molar-refractivity contribution in [2.45, 2.75) is 38.3 Å².